The molecule has 0 saturated carbocycles. The Morgan fingerprint density at radius 3 is 2.55 bits per heavy atom. The molecule has 0 aliphatic heterocycles. The third-order valence-electron chi connectivity index (χ3n) is 4.14. The zero-order valence-corrected chi connectivity index (χ0v) is 12.9. The lowest BCUT2D eigenvalue weighted by molar-refractivity contribution is -0.142. The first-order valence-electron chi connectivity index (χ1n) is 7.83. The molecule has 2 rings (SSSR count). The highest BCUT2D eigenvalue weighted by Crippen LogP contribution is 2.24. The second-order valence-corrected chi connectivity index (χ2v) is 5.87. The van der Waals surface area contributed by atoms with Crippen LogP contribution in [0.1, 0.15) is 50.6 Å². The molecule has 2 atom stereocenters. The van der Waals surface area contributed by atoms with Crippen LogP contribution in [0, 0.1) is 5.92 Å². The molecule has 0 spiro atoms. The van der Waals surface area contributed by atoms with Crippen molar-refractivity contribution in [1.29, 1.82) is 0 Å². The van der Waals surface area contributed by atoms with E-state index in [1.807, 2.05) is 30.3 Å². The average molecular weight is 301 g/mol. The number of rotatable bonds is 6. The summed E-state index contributed by atoms with van der Waals surface area (Å²) in [6, 6.07) is 8.78. The minimum Gasteiger partial charge on any atom is -0.481 e. The Kier molecular flexibility index (Phi) is 5.75. The first-order valence-corrected chi connectivity index (χ1v) is 7.83. The number of benzene rings is 1. The van der Waals surface area contributed by atoms with E-state index in [2.05, 4.69) is 11.4 Å². The van der Waals surface area contributed by atoms with Gasteiger partial charge in [0, 0.05) is 6.42 Å². The van der Waals surface area contributed by atoms with Crippen LogP contribution in [0.15, 0.2) is 42.0 Å². The predicted octanol–water partition coefficient (Wildman–Crippen LogP) is 3.46. The first-order chi connectivity index (χ1) is 10.6. The number of allylic oxidation sites excluding steroid dienone is 1. The van der Waals surface area contributed by atoms with Crippen LogP contribution in [0.5, 0.6) is 0 Å². The lowest BCUT2D eigenvalue weighted by atomic mass is 9.93. The third-order valence-corrected chi connectivity index (χ3v) is 4.14. The van der Waals surface area contributed by atoms with Gasteiger partial charge in [0.1, 0.15) is 0 Å². The van der Waals surface area contributed by atoms with Crippen molar-refractivity contribution in [2.45, 2.75) is 45.1 Å². The van der Waals surface area contributed by atoms with Crippen LogP contribution in [-0.4, -0.2) is 17.0 Å². The lowest BCUT2D eigenvalue weighted by Gasteiger charge is -2.23. The standard InChI is InChI=1S/C18H23NO3/c1-13(18(21)22)17(15-10-6-3-7-11-15)19-16(20)12-14-8-4-2-5-9-14/h3,6-8,10-11,13,17H,2,4-5,9,12H2,1H3,(H,19,20)(H,21,22). The zero-order chi connectivity index (χ0) is 15.9. The molecular weight excluding hydrogens is 278 g/mol. The van der Waals surface area contributed by atoms with E-state index in [1.54, 1.807) is 6.92 Å². The van der Waals surface area contributed by atoms with E-state index in [4.69, 9.17) is 0 Å². The maximum absolute atomic E-state index is 12.3. The second kappa shape index (κ2) is 7.78. The van der Waals surface area contributed by atoms with Gasteiger partial charge in [0.2, 0.25) is 5.91 Å². The van der Waals surface area contributed by atoms with Gasteiger partial charge >= 0.3 is 5.97 Å². The molecule has 4 heteroatoms. The summed E-state index contributed by atoms with van der Waals surface area (Å²) in [5, 5.41) is 12.2. The van der Waals surface area contributed by atoms with Gasteiger partial charge in [-0.1, -0.05) is 42.0 Å². The summed E-state index contributed by atoms with van der Waals surface area (Å²) >= 11 is 0. The molecule has 0 saturated heterocycles. The van der Waals surface area contributed by atoms with Crippen molar-refractivity contribution in [2.75, 3.05) is 0 Å². The number of carboxylic acids is 1. The Bertz CT molecular complexity index is 551. The molecule has 1 amide bonds. The second-order valence-electron chi connectivity index (χ2n) is 5.87. The highest BCUT2D eigenvalue weighted by molar-refractivity contribution is 5.80. The average Bonchev–Trinajstić information content (AvgIpc) is 2.53. The summed E-state index contributed by atoms with van der Waals surface area (Å²) in [4.78, 5) is 23.6. The largest absolute Gasteiger partial charge is 0.481 e. The fraction of sp³-hybridized carbons (Fsp3) is 0.444. The van der Waals surface area contributed by atoms with Crippen molar-refractivity contribution in [3.05, 3.63) is 47.5 Å². The van der Waals surface area contributed by atoms with Gasteiger partial charge in [-0.3, -0.25) is 9.59 Å². The Morgan fingerprint density at radius 1 is 1.23 bits per heavy atom. The zero-order valence-electron chi connectivity index (χ0n) is 12.9. The van der Waals surface area contributed by atoms with Gasteiger partial charge in [-0.2, -0.15) is 0 Å². The predicted molar refractivity (Wildman–Crippen MR) is 85.3 cm³/mol. The molecule has 1 aromatic rings. The van der Waals surface area contributed by atoms with Gasteiger partial charge in [0.05, 0.1) is 12.0 Å². The van der Waals surface area contributed by atoms with Crippen LogP contribution in [0.3, 0.4) is 0 Å². The van der Waals surface area contributed by atoms with Crippen LogP contribution in [0.4, 0.5) is 0 Å². The van der Waals surface area contributed by atoms with Gasteiger partial charge < -0.3 is 10.4 Å². The Morgan fingerprint density at radius 2 is 1.95 bits per heavy atom. The molecular formula is C18H23NO3. The number of hydrogen-bond acceptors (Lipinski definition) is 2. The minimum absolute atomic E-state index is 0.102. The first kappa shape index (κ1) is 16.3. The Hall–Kier alpha value is -2.10. The lowest BCUT2D eigenvalue weighted by Crippen LogP contribution is -2.35. The SMILES string of the molecule is CC(C(=O)O)C(NC(=O)CC1=CCCCC1)c1ccccc1. The number of hydrogen-bond donors (Lipinski definition) is 2. The number of aliphatic carboxylic acids is 1. The van der Waals surface area contributed by atoms with Gasteiger partial charge in [-0.15, -0.1) is 0 Å². The van der Waals surface area contributed by atoms with Crippen molar-refractivity contribution in [3.8, 4) is 0 Å². The van der Waals surface area contributed by atoms with E-state index >= 15 is 0 Å². The summed E-state index contributed by atoms with van der Waals surface area (Å²) in [6.07, 6.45) is 6.84. The molecule has 4 nitrogen and oxygen atoms in total. The van der Waals surface area contributed by atoms with Crippen molar-refractivity contribution in [1.82, 2.24) is 5.32 Å². The molecule has 0 aromatic heterocycles. The van der Waals surface area contributed by atoms with Crippen LogP contribution in [0.2, 0.25) is 0 Å². The molecule has 1 aliphatic carbocycles. The maximum atomic E-state index is 12.3. The van der Waals surface area contributed by atoms with Crippen molar-refractivity contribution >= 4 is 11.9 Å². The third kappa shape index (κ3) is 4.45. The highest BCUT2D eigenvalue weighted by Gasteiger charge is 2.26. The molecule has 1 aromatic carbocycles. The number of carbonyl (C=O) groups excluding carboxylic acids is 1. The summed E-state index contributed by atoms with van der Waals surface area (Å²) in [7, 11) is 0. The normalized spacial score (nSPS) is 17.2. The van der Waals surface area contributed by atoms with Crippen molar-refractivity contribution < 1.29 is 14.7 Å². The van der Waals surface area contributed by atoms with Gasteiger partial charge in [0.15, 0.2) is 0 Å². The van der Waals surface area contributed by atoms with Crippen molar-refractivity contribution in [2.24, 2.45) is 5.92 Å². The Labute approximate surface area is 131 Å². The van der Waals surface area contributed by atoms with Crippen molar-refractivity contribution in [3.63, 3.8) is 0 Å². The van der Waals surface area contributed by atoms with Crippen LogP contribution < -0.4 is 5.32 Å². The molecule has 22 heavy (non-hydrogen) atoms. The summed E-state index contributed by atoms with van der Waals surface area (Å²) < 4.78 is 0. The minimum atomic E-state index is -0.911. The molecule has 118 valence electrons. The molecule has 2 unspecified atom stereocenters. The summed E-state index contributed by atoms with van der Waals surface area (Å²) in [6.45, 7) is 1.63. The van der Waals surface area contributed by atoms with E-state index in [0.29, 0.717) is 6.42 Å². The summed E-state index contributed by atoms with van der Waals surface area (Å²) in [5.74, 6) is -1.69. The fourth-order valence-electron chi connectivity index (χ4n) is 2.80. The topological polar surface area (TPSA) is 66.4 Å². The molecule has 0 fully saturated rings. The fourth-order valence-corrected chi connectivity index (χ4v) is 2.80. The molecule has 0 heterocycles. The van der Waals surface area contributed by atoms with E-state index in [9.17, 15) is 14.7 Å². The number of amides is 1. The van der Waals surface area contributed by atoms with Crippen LogP contribution >= 0.6 is 0 Å². The van der Waals surface area contributed by atoms with Crippen LogP contribution in [-0.2, 0) is 9.59 Å². The van der Waals surface area contributed by atoms with Gasteiger partial charge in [-0.05, 0) is 38.2 Å². The quantitative estimate of drug-likeness (QED) is 0.791. The molecule has 0 radical (unpaired) electrons. The maximum Gasteiger partial charge on any atom is 0.308 e. The molecule has 0 bridgehead atoms. The van der Waals surface area contributed by atoms with Gasteiger partial charge in [0.25, 0.3) is 0 Å². The Balaban J connectivity index is 2.07. The smallest absolute Gasteiger partial charge is 0.308 e. The number of carbonyl (C=O) groups is 2. The van der Waals surface area contributed by atoms with Crippen LogP contribution in [0.25, 0.3) is 0 Å². The molecule has 2 N–H and O–H groups in total. The van der Waals surface area contributed by atoms with E-state index in [-0.39, 0.29) is 5.91 Å². The van der Waals surface area contributed by atoms with E-state index < -0.39 is 17.9 Å². The van der Waals surface area contributed by atoms with Gasteiger partial charge in [-0.25, -0.2) is 0 Å². The molecule has 1 aliphatic rings. The number of carboxylic acid groups (broad SMARTS) is 1. The van der Waals surface area contributed by atoms with E-state index in [0.717, 1.165) is 24.8 Å². The van der Waals surface area contributed by atoms with E-state index in [1.165, 1.54) is 12.0 Å². The highest BCUT2D eigenvalue weighted by atomic mass is 16.4. The number of nitrogens with one attached hydrogen (secondary N) is 1. The monoisotopic (exact) mass is 301 g/mol. The summed E-state index contributed by atoms with van der Waals surface area (Å²) in [5.41, 5.74) is 1.99.